The summed E-state index contributed by atoms with van der Waals surface area (Å²) in [7, 11) is 4.64. The highest BCUT2D eigenvalue weighted by atomic mass is 16.5. The molecule has 1 unspecified atom stereocenters. The number of rotatable bonds is 6. The molecule has 1 aromatic carbocycles. The first-order chi connectivity index (χ1) is 15.4. The second-order valence-electron chi connectivity index (χ2n) is 6.81. The van der Waals surface area contributed by atoms with Gasteiger partial charge in [-0.05, 0) is 24.1 Å². The Balaban J connectivity index is 2.21. The van der Waals surface area contributed by atoms with Crippen molar-refractivity contribution in [2.45, 2.75) is 19.2 Å². The molecule has 2 N–H and O–H groups in total. The normalized spacial score (nSPS) is 11.5. The lowest BCUT2D eigenvalue weighted by molar-refractivity contribution is 0.0806. The van der Waals surface area contributed by atoms with Crippen LogP contribution in [0.25, 0.3) is 11.2 Å². The molecule has 0 fully saturated rings. The summed E-state index contributed by atoms with van der Waals surface area (Å²) in [6.45, 7) is -1.09. The molecule has 0 amide bonds. The third-order valence-electron chi connectivity index (χ3n) is 4.80. The van der Waals surface area contributed by atoms with Gasteiger partial charge in [-0.3, -0.25) is 9.36 Å². The van der Waals surface area contributed by atoms with Crippen LogP contribution in [0.2, 0.25) is 0 Å². The van der Waals surface area contributed by atoms with Crippen molar-refractivity contribution in [1.29, 1.82) is 0 Å². The van der Waals surface area contributed by atoms with Crippen molar-refractivity contribution >= 4 is 11.2 Å². The van der Waals surface area contributed by atoms with Gasteiger partial charge in [0.25, 0.3) is 5.56 Å². The van der Waals surface area contributed by atoms with E-state index in [2.05, 4.69) is 22.7 Å². The fourth-order valence-electron chi connectivity index (χ4n) is 3.18. The molecule has 0 spiro atoms. The van der Waals surface area contributed by atoms with Gasteiger partial charge in [-0.2, -0.15) is 0 Å². The lowest BCUT2D eigenvalue weighted by Gasteiger charge is -2.12. The molecule has 10 nitrogen and oxygen atoms in total. The molecule has 0 saturated heterocycles. The smallest absolute Gasteiger partial charge is 0.333 e. The molecule has 2 heterocycles. The summed E-state index contributed by atoms with van der Waals surface area (Å²) in [6, 6.07) is 5.15. The lowest BCUT2D eigenvalue weighted by atomic mass is 10.2. The van der Waals surface area contributed by atoms with Gasteiger partial charge < -0.3 is 24.3 Å². The Labute approximate surface area is 183 Å². The van der Waals surface area contributed by atoms with Crippen molar-refractivity contribution < 1.29 is 19.7 Å². The van der Waals surface area contributed by atoms with Crippen molar-refractivity contribution in [2.75, 3.05) is 20.8 Å². The van der Waals surface area contributed by atoms with E-state index in [-0.39, 0.29) is 30.1 Å². The molecule has 0 aliphatic rings. The first-order valence-electron chi connectivity index (χ1n) is 9.52. The number of nitrogens with zero attached hydrogens (tertiary/aromatic N) is 4. The van der Waals surface area contributed by atoms with Crippen molar-refractivity contribution in [3.8, 4) is 35.7 Å². The van der Waals surface area contributed by atoms with E-state index in [4.69, 9.17) is 15.9 Å². The lowest BCUT2D eigenvalue weighted by Crippen LogP contribution is -2.42. The van der Waals surface area contributed by atoms with Crippen molar-refractivity contribution in [1.82, 2.24) is 18.7 Å². The minimum atomic E-state index is -1.23. The first-order valence-corrected chi connectivity index (χ1v) is 9.52. The van der Waals surface area contributed by atoms with Gasteiger partial charge in [-0.15, -0.1) is 6.42 Å². The topological polar surface area (TPSA) is 121 Å². The van der Waals surface area contributed by atoms with Crippen molar-refractivity contribution in [3.63, 3.8) is 0 Å². The largest absolute Gasteiger partial charge is 0.493 e. The van der Waals surface area contributed by atoms with Gasteiger partial charge in [-0.1, -0.05) is 11.8 Å². The maximum absolute atomic E-state index is 12.9. The molecule has 3 aromatic rings. The van der Waals surface area contributed by atoms with Crippen LogP contribution < -0.4 is 20.7 Å². The van der Waals surface area contributed by atoms with Crippen molar-refractivity contribution in [3.05, 3.63) is 50.4 Å². The van der Waals surface area contributed by atoms with Gasteiger partial charge in [0, 0.05) is 12.6 Å². The zero-order valence-electron chi connectivity index (χ0n) is 17.8. The molecule has 0 bridgehead atoms. The Hall–Kier alpha value is -3.99. The van der Waals surface area contributed by atoms with E-state index >= 15 is 0 Å². The predicted molar refractivity (Wildman–Crippen MR) is 117 cm³/mol. The number of hydrogen-bond acceptors (Lipinski definition) is 7. The van der Waals surface area contributed by atoms with Crippen LogP contribution in [0.3, 0.4) is 0 Å². The summed E-state index contributed by atoms with van der Waals surface area (Å²) in [4.78, 5) is 30.1. The van der Waals surface area contributed by atoms with Gasteiger partial charge in [0.2, 0.25) is 0 Å². The zero-order chi connectivity index (χ0) is 23.4. The number of terminal acetylenes is 1. The van der Waals surface area contributed by atoms with Crippen LogP contribution >= 0.6 is 0 Å². The fourth-order valence-corrected chi connectivity index (χ4v) is 3.18. The molecule has 10 heteroatoms. The Morgan fingerprint density at radius 3 is 2.50 bits per heavy atom. The predicted octanol–water partition coefficient (Wildman–Crippen LogP) is -0.700. The molecule has 0 aliphatic carbocycles. The van der Waals surface area contributed by atoms with Gasteiger partial charge in [0.1, 0.15) is 0 Å². The van der Waals surface area contributed by atoms with E-state index in [0.717, 1.165) is 9.13 Å². The standard InChI is InChI=1S/C22H22N4O6/c1-5-10-25-21(29)19-20(26(22(25)30)12-15(28)13-27)23-18(24(19)2)9-7-14-6-8-16(31-3)17(11-14)32-4/h1,6,8,11,15,27-28H,10,12-13H2,2-4H3. The number of fused-ring (bicyclic) bond motifs is 1. The van der Waals surface area contributed by atoms with Crippen LogP contribution in [0, 0.1) is 24.2 Å². The van der Waals surface area contributed by atoms with Gasteiger partial charge in [0.15, 0.2) is 28.5 Å². The SMILES string of the molecule is C#CCn1c(=O)c2c(nc(C#Cc3ccc(OC)c(OC)c3)n2C)n(CC(O)CO)c1=O. The number of aliphatic hydroxyl groups excluding tert-OH is 2. The van der Waals surface area contributed by atoms with E-state index < -0.39 is 24.0 Å². The molecule has 3 rings (SSSR count). The quantitative estimate of drug-likeness (QED) is 0.488. The first kappa shape index (κ1) is 22.7. The van der Waals surface area contributed by atoms with E-state index in [9.17, 15) is 19.8 Å². The third-order valence-corrected chi connectivity index (χ3v) is 4.80. The van der Waals surface area contributed by atoms with Crippen LogP contribution in [0.1, 0.15) is 11.4 Å². The summed E-state index contributed by atoms with van der Waals surface area (Å²) in [5.41, 5.74) is -0.591. The summed E-state index contributed by atoms with van der Waals surface area (Å²) < 4.78 is 13.9. The van der Waals surface area contributed by atoms with Crippen LogP contribution in [0.5, 0.6) is 11.5 Å². The zero-order valence-corrected chi connectivity index (χ0v) is 17.8. The Kier molecular flexibility index (Phi) is 6.69. The maximum Gasteiger partial charge on any atom is 0.333 e. The third kappa shape index (κ3) is 4.10. The summed E-state index contributed by atoms with van der Waals surface area (Å²) >= 11 is 0. The Bertz CT molecular complexity index is 1380. The van der Waals surface area contributed by atoms with Crippen LogP contribution in [-0.4, -0.2) is 55.8 Å². The second-order valence-corrected chi connectivity index (χ2v) is 6.81. The number of benzene rings is 1. The second kappa shape index (κ2) is 9.43. The number of aromatic nitrogens is 4. The molecular formula is C22H22N4O6. The maximum atomic E-state index is 12.9. The average molecular weight is 438 g/mol. The number of imidazole rings is 1. The number of ether oxygens (including phenoxy) is 2. The highest BCUT2D eigenvalue weighted by molar-refractivity contribution is 5.72. The number of aryl methyl sites for hydroxylation is 1. The monoisotopic (exact) mass is 438 g/mol. The Morgan fingerprint density at radius 1 is 1.16 bits per heavy atom. The number of methoxy groups -OCH3 is 2. The van der Waals surface area contributed by atoms with E-state index in [0.29, 0.717) is 17.1 Å². The summed E-state index contributed by atoms with van der Waals surface area (Å²) in [5, 5.41) is 19.1. The molecule has 0 aliphatic heterocycles. The fraction of sp³-hybridized carbons (Fsp3) is 0.318. The highest BCUT2D eigenvalue weighted by Gasteiger charge is 2.20. The Morgan fingerprint density at radius 2 is 1.88 bits per heavy atom. The van der Waals surface area contributed by atoms with Crippen molar-refractivity contribution in [2.24, 2.45) is 7.05 Å². The van der Waals surface area contributed by atoms with Crippen LogP contribution in [-0.2, 0) is 20.1 Å². The van der Waals surface area contributed by atoms with E-state index in [1.807, 2.05) is 0 Å². The number of aliphatic hydroxyl groups is 2. The molecular weight excluding hydrogens is 416 g/mol. The molecule has 166 valence electrons. The molecule has 0 saturated carbocycles. The average Bonchev–Trinajstić information content (AvgIpc) is 3.13. The molecule has 32 heavy (non-hydrogen) atoms. The summed E-state index contributed by atoms with van der Waals surface area (Å²) in [5.74, 6) is 9.40. The van der Waals surface area contributed by atoms with E-state index in [1.54, 1.807) is 25.2 Å². The highest BCUT2D eigenvalue weighted by Crippen LogP contribution is 2.27. The van der Waals surface area contributed by atoms with E-state index in [1.165, 1.54) is 18.8 Å². The summed E-state index contributed by atoms with van der Waals surface area (Å²) in [6.07, 6.45) is 4.08. The molecule has 0 radical (unpaired) electrons. The minimum absolute atomic E-state index is 0.0416. The molecule has 1 atom stereocenters. The molecule has 2 aromatic heterocycles. The van der Waals surface area contributed by atoms with Crippen LogP contribution in [0.15, 0.2) is 27.8 Å². The van der Waals surface area contributed by atoms with Crippen LogP contribution in [0.4, 0.5) is 0 Å². The van der Waals surface area contributed by atoms with Gasteiger partial charge >= 0.3 is 5.69 Å². The van der Waals surface area contributed by atoms with Gasteiger partial charge in [0.05, 0.1) is 40.0 Å². The van der Waals surface area contributed by atoms with Gasteiger partial charge in [-0.25, -0.2) is 14.3 Å². The minimum Gasteiger partial charge on any atom is -0.493 e. The number of hydrogen-bond donors (Lipinski definition) is 2.